The minimum Gasteiger partial charge on any atom is -0.347 e. The van der Waals surface area contributed by atoms with E-state index in [9.17, 15) is 13.2 Å². The Morgan fingerprint density at radius 1 is 1.33 bits per heavy atom. The number of nitrogens with one attached hydrogen (secondary N) is 1. The van der Waals surface area contributed by atoms with Crippen LogP contribution in [0.3, 0.4) is 0 Å². The number of hydrogen-bond donors (Lipinski definition) is 1. The Morgan fingerprint density at radius 2 is 2.07 bits per heavy atom. The number of carbonyl (C=O) groups is 1. The van der Waals surface area contributed by atoms with Gasteiger partial charge in [0.15, 0.2) is 0 Å². The smallest absolute Gasteiger partial charge is 0.245 e. The van der Waals surface area contributed by atoms with Crippen LogP contribution in [-0.2, 0) is 14.8 Å². The molecule has 1 fully saturated rings. The summed E-state index contributed by atoms with van der Waals surface area (Å²) < 4.78 is 27.3. The lowest BCUT2D eigenvalue weighted by atomic mass is 9.85. The molecule has 1 unspecified atom stereocenters. The molecule has 0 radical (unpaired) electrons. The first-order chi connectivity index (χ1) is 12.7. The molecule has 1 atom stereocenters. The second-order valence-corrected chi connectivity index (χ2v) is 10.7. The van der Waals surface area contributed by atoms with Gasteiger partial charge in [-0.15, -0.1) is 11.3 Å². The van der Waals surface area contributed by atoms with Crippen LogP contribution in [0.4, 0.5) is 0 Å². The molecule has 3 rings (SSSR count). The van der Waals surface area contributed by atoms with E-state index in [1.807, 2.05) is 17.5 Å². The molecule has 1 amide bonds. The predicted octanol–water partition coefficient (Wildman–Crippen LogP) is 3.20. The first kappa shape index (κ1) is 20.0. The fraction of sp³-hybridized carbons (Fsp3) is 0.474. The quantitative estimate of drug-likeness (QED) is 0.764. The number of carbonyl (C=O) groups excluding carboxylic acids is 1. The summed E-state index contributed by atoms with van der Waals surface area (Å²) in [6.07, 6.45) is 4.41. The van der Waals surface area contributed by atoms with Gasteiger partial charge in [-0.25, -0.2) is 8.42 Å². The van der Waals surface area contributed by atoms with Gasteiger partial charge in [-0.1, -0.05) is 26.8 Å². The van der Waals surface area contributed by atoms with Crippen molar-refractivity contribution >= 4 is 27.3 Å². The monoisotopic (exact) mass is 407 g/mol. The molecule has 6 nitrogen and oxygen atoms in total. The number of rotatable bonds is 7. The zero-order valence-corrected chi connectivity index (χ0v) is 17.4. The van der Waals surface area contributed by atoms with E-state index in [0.29, 0.717) is 0 Å². The van der Waals surface area contributed by atoms with Crippen LogP contribution in [-0.4, -0.2) is 36.2 Å². The molecule has 1 aliphatic carbocycles. The van der Waals surface area contributed by atoms with Crippen LogP contribution in [0.2, 0.25) is 0 Å². The maximum atomic E-state index is 13.0. The van der Waals surface area contributed by atoms with Crippen LogP contribution in [0.1, 0.15) is 44.5 Å². The molecule has 0 aliphatic heterocycles. The van der Waals surface area contributed by atoms with E-state index in [1.54, 1.807) is 17.4 Å². The Kier molecular flexibility index (Phi) is 5.69. The van der Waals surface area contributed by atoms with E-state index in [2.05, 4.69) is 31.1 Å². The molecule has 2 heterocycles. The highest BCUT2D eigenvalue weighted by atomic mass is 32.2. The van der Waals surface area contributed by atoms with Crippen LogP contribution in [0.5, 0.6) is 0 Å². The van der Waals surface area contributed by atoms with Gasteiger partial charge in [0.1, 0.15) is 4.90 Å². The van der Waals surface area contributed by atoms with Crippen LogP contribution in [0, 0.1) is 5.41 Å². The standard InChI is InChI=1S/C19H25N3O3S2/c1-19(2,3)18(16-7-5-11-26-16)21-17(23)13-22(14-8-9-14)27(24,25)15-6-4-10-20-12-15/h4-7,10-12,14,18H,8-9,13H2,1-3H3,(H,21,23). The summed E-state index contributed by atoms with van der Waals surface area (Å²) in [5, 5.41) is 5.02. The molecule has 0 spiro atoms. The van der Waals surface area contributed by atoms with Crippen molar-refractivity contribution in [3.05, 3.63) is 46.9 Å². The van der Waals surface area contributed by atoms with Gasteiger partial charge in [0.05, 0.1) is 12.6 Å². The second-order valence-electron chi connectivity index (χ2n) is 7.85. The zero-order chi connectivity index (χ0) is 19.7. The normalized spacial score (nSPS) is 16.3. The van der Waals surface area contributed by atoms with Gasteiger partial charge in [0.25, 0.3) is 0 Å². The van der Waals surface area contributed by atoms with Crippen LogP contribution >= 0.6 is 11.3 Å². The summed E-state index contributed by atoms with van der Waals surface area (Å²) in [6, 6.07) is 6.76. The van der Waals surface area contributed by atoms with Crippen molar-refractivity contribution in [3.63, 3.8) is 0 Å². The van der Waals surface area contributed by atoms with E-state index in [1.165, 1.54) is 22.8 Å². The van der Waals surface area contributed by atoms with E-state index in [-0.39, 0.29) is 34.8 Å². The van der Waals surface area contributed by atoms with Crippen LogP contribution < -0.4 is 5.32 Å². The molecule has 0 bridgehead atoms. The van der Waals surface area contributed by atoms with Crippen molar-refractivity contribution in [2.45, 2.75) is 50.6 Å². The summed E-state index contributed by atoms with van der Waals surface area (Å²) in [5.74, 6) is -0.289. The fourth-order valence-electron chi connectivity index (χ4n) is 2.93. The summed E-state index contributed by atoms with van der Waals surface area (Å²) in [5.41, 5.74) is -0.187. The average molecular weight is 408 g/mol. The molecular formula is C19H25N3O3S2. The van der Waals surface area contributed by atoms with Gasteiger partial charge < -0.3 is 5.32 Å². The second kappa shape index (κ2) is 7.69. The van der Waals surface area contributed by atoms with Crippen molar-refractivity contribution in [3.8, 4) is 0 Å². The average Bonchev–Trinajstić information content (AvgIpc) is 3.31. The van der Waals surface area contributed by atoms with E-state index >= 15 is 0 Å². The van der Waals surface area contributed by atoms with Gasteiger partial charge >= 0.3 is 0 Å². The summed E-state index contributed by atoms with van der Waals surface area (Å²) in [7, 11) is -3.75. The van der Waals surface area contributed by atoms with Crippen molar-refractivity contribution in [2.24, 2.45) is 5.41 Å². The lowest BCUT2D eigenvalue weighted by Crippen LogP contribution is -2.45. The van der Waals surface area contributed by atoms with Gasteiger partial charge in [-0.3, -0.25) is 9.78 Å². The highest BCUT2D eigenvalue weighted by Gasteiger charge is 2.40. The lowest BCUT2D eigenvalue weighted by Gasteiger charge is -2.31. The van der Waals surface area contributed by atoms with Crippen molar-refractivity contribution in [1.29, 1.82) is 0 Å². The maximum Gasteiger partial charge on any atom is 0.245 e. The van der Waals surface area contributed by atoms with Gasteiger partial charge in [-0.05, 0) is 41.8 Å². The molecule has 0 saturated heterocycles. The lowest BCUT2D eigenvalue weighted by molar-refractivity contribution is -0.122. The zero-order valence-electron chi connectivity index (χ0n) is 15.8. The first-order valence-corrected chi connectivity index (χ1v) is 11.3. The van der Waals surface area contributed by atoms with Gasteiger partial charge in [0, 0.05) is 23.3 Å². The number of thiophene rings is 1. The topological polar surface area (TPSA) is 79.4 Å². The third kappa shape index (κ3) is 4.75. The minimum absolute atomic E-state index is 0.115. The Labute approximate surface area is 164 Å². The summed E-state index contributed by atoms with van der Waals surface area (Å²) >= 11 is 1.58. The fourth-order valence-corrected chi connectivity index (χ4v) is 5.55. The van der Waals surface area contributed by atoms with E-state index in [4.69, 9.17) is 0 Å². The molecule has 2 aromatic heterocycles. The number of sulfonamides is 1. The van der Waals surface area contributed by atoms with Crippen molar-refractivity contribution in [1.82, 2.24) is 14.6 Å². The molecule has 0 aromatic carbocycles. The summed E-state index contributed by atoms with van der Waals surface area (Å²) in [6.45, 7) is 5.99. The van der Waals surface area contributed by atoms with Crippen LogP contribution in [0.25, 0.3) is 0 Å². The highest BCUT2D eigenvalue weighted by Crippen LogP contribution is 2.36. The van der Waals surface area contributed by atoms with Gasteiger partial charge in [0.2, 0.25) is 15.9 Å². The first-order valence-electron chi connectivity index (χ1n) is 8.94. The molecule has 2 aromatic rings. The number of pyridine rings is 1. The number of amides is 1. The minimum atomic E-state index is -3.75. The van der Waals surface area contributed by atoms with Crippen LogP contribution in [0.15, 0.2) is 46.9 Å². The van der Waals surface area contributed by atoms with Crippen molar-refractivity contribution in [2.75, 3.05) is 6.54 Å². The SMILES string of the molecule is CC(C)(C)C(NC(=O)CN(C1CC1)S(=O)(=O)c1cccnc1)c1cccs1. The molecule has 1 aliphatic rings. The third-order valence-corrected chi connectivity index (χ3v) is 7.31. The number of hydrogen-bond acceptors (Lipinski definition) is 5. The molecule has 27 heavy (non-hydrogen) atoms. The third-order valence-electron chi connectivity index (χ3n) is 4.49. The maximum absolute atomic E-state index is 13.0. The largest absolute Gasteiger partial charge is 0.347 e. The molecular weight excluding hydrogens is 382 g/mol. The Balaban J connectivity index is 1.78. The number of nitrogens with zero attached hydrogens (tertiary/aromatic N) is 2. The summed E-state index contributed by atoms with van der Waals surface area (Å²) in [4.78, 5) is 17.9. The molecule has 1 N–H and O–H groups in total. The molecule has 146 valence electrons. The molecule has 8 heteroatoms. The Bertz CT molecular complexity index is 871. The Morgan fingerprint density at radius 3 is 2.59 bits per heavy atom. The van der Waals surface area contributed by atoms with Gasteiger partial charge in [-0.2, -0.15) is 4.31 Å². The van der Waals surface area contributed by atoms with E-state index in [0.717, 1.165) is 17.7 Å². The Hall–Kier alpha value is -1.77. The highest BCUT2D eigenvalue weighted by molar-refractivity contribution is 7.89. The number of aromatic nitrogens is 1. The van der Waals surface area contributed by atoms with Crippen molar-refractivity contribution < 1.29 is 13.2 Å². The molecule has 1 saturated carbocycles. The van der Waals surface area contributed by atoms with E-state index < -0.39 is 10.0 Å². The predicted molar refractivity (Wildman–Crippen MR) is 106 cm³/mol.